The third-order valence-corrected chi connectivity index (χ3v) is 7.69. The van der Waals surface area contributed by atoms with E-state index in [1.54, 1.807) is 16.9 Å². The summed E-state index contributed by atoms with van der Waals surface area (Å²) < 4.78 is 0. The zero-order valence-corrected chi connectivity index (χ0v) is 20.4. The van der Waals surface area contributed by atoms with E-state index >= 15 is 0 Å². The monoisotopic (exact) mass is 475 g/mol. The molecule has 0 spiro atoms. The molecule has 5 N–H and O–H groups in total. The summed E-state index contributed by atoms with van der Waals surface area (Å²) in [5.41, 5.74) is 0. The van der Waals surface area contributed by atoms with Crippen LogP contribution in [0.25, 0.3) is 0 Å². The number of allylic oxidation sites excluding steroid dienone is 1. The molecule has 1 heterocycles. The van der Waals surface area contributed by atoms with Gasteiger partial charge in [-0.1, -0.05) is 60.9 Å². The Balaban J connectivity index is 2.92. The highest BCUT2D eigenvalue weighted by atomic mass is 33.1. The van der Waals surface area contributed by atoms with E-state index in [2.05, 4.69) is 16.0 Å². The lowest BCUT2D eigenvalue weighted by atomic mass is 9.92. The Morgan fingerprint density at radius 3 is 2.61 bits per heavy atom. The molecule has 0 radical (unpaired) electrons. The number of rotatable bonds is 6. The van der Waals surface area contributed by atoms with Gasteiger partial charge in [-0.3, -0.25) is 14.4 Å². The van der Waals surface area contributed by atoms with Gasteiger partial charge in [0.2, 0.25) is 17.7 Å². The summed E-state index contributed by atoms with van der Waals surface area (Å²) in [7, 11) is 3.05. The maximum Gasteiger partial charge on any atom is 0.243 e. The molecule has 0 bridgehead atoms. The Kier molecular flexibility index (Phi) is 13.2. The molecule has 178 valence electrons. The Labute approximate surface area is 193 Å². The van der Waals surface area contributed by atoms with E-state index in [0.717, 1.165) is 18.6 Å². The van der Waals surface area contributed by atoms with Crippen LogP contribution in [0.5, 0.6) is 0 Å². The van der Waals surface area contributed by atoms with Crippen molar-refractivity contribution in [2.24, 2.45) is 5.92 Å². The van der Waals surface area contributed by atoms with Gasteiger partial charge in [0.15, 0.2) is 0 Å². The standard InChI is InChI=1S/C21H37N3O5S2/c1-5-13(3)19(17(26)6-2)24-21(29)16-12-31-30-10-8-7-9-15(25)11-18(27)22-14(4)20(28)23-16/h7,9,13-17,19,25-26H,5-6,8,10-12H2,1-4H3,(H,22,27)(H,23,28)(H,24,29)/b9-7+/t13-,14-,15-,16-,17+,19-/m1/s1. The first-order valence-electron chi connectivity index (χ1n) is 10.9. The molecule has 3 amide bonds. The average Bonchev–Trinajstić information content (AvgIpc) is 2.73. The van der Waals surface area contributed by atoms with Crippen molar-refractivity contribution in [1.82, 2.24) is 16.0 Å². The van der Waals surface area contributed by atoms with Crippen LogP contribution in [0.15, 0.2) is 12.2 Å². The number of hydrogen-bond donors (Lipinski definition) is 5. The van der Waals surface area contributed by atoms with Crippen LogP contribution in [-0.4, -0.2) is 69.8 Å². The molecular weight excluding hydrogens is 438 g/mol. The minimum atomic E-state index is -0.904. The summed E-state index contributed by atoms with van der Waals surface area (Å²) >= 11 is 0. The molecular formula is C21H37N3O5S2. The molecule has 0 saturated heterocycles. The topological polar surface area (TPSA) is 128 Å². The summed E-state index contributed by atoms with van der Waals surface area (Å²) in [5, 5.41) is 28.5. The highest BCUT2D eigenvalue weighted by Gasteiger charge is 2.30. The highest BCUT2D eigenvalue weighted by Crippen LogP contribution is 2.23. The van der Waals surface area contributed by atoms with E-state index in [4.69, 9.17) is 0 Å². The second-order valence-electron chi connectivity index (χ2n) is 7.84. The van der Waals surface area contributed by atoms with E-state index in [-0.39, 0.29) is 18.2 Å². The number of nitrogens with one attached hydrogen (secondary N) is 3. The molecule has 0 saturated carbocycles. The SMILES string of the molecule is CC[C@@H](C)[C@@H](NC(=O)[C@H]1CSSCC/C=C/[C@@H](O)CC(=O)N[C@H](C)C(=O)N1)[C@@H](O)CC. The van der Waals surface area contributed by atoms with Crippen molar-refractivity contribution in [2.75, 3.05) is 11.5 Å². The van der Waals surface area contributed by atoms with Crippen LogP contribution in [0.3, 0.4) is 0 Å². The van der Waals surface area contributed by atoms with Crippen molar-refractivity contribution in [3.63, 3.8) is 0 Å². The van der Waals surface area contributed by atoms with Crippen LogP contribution in [0.1, 0.15) is 53.4 Å². The minimum Gasteiger partial charge on any atom is -0.391 e. The molecule has 1 aliphatic rings. The van der Waals surface area contributed by atoms with Crippen LogP contribution >= 0.6 is 21.6 Å². The molecule has 0 aromatic heterocycles. The van der Waals surface area contributed by atoms with Gasteiger partial charge in [-0.15, -0.1) is 0 Å². The molecule has 0 aliphatic carbocycles. The molecule has 1 rings (SSSR count). The van der Waals surface area contributed by atoms with E-state index in [1.165, 1.54) is 17.7 Å². The van der Waals surface area contributed by atoms with Crippen molar-refractivity contribution < 1.29 is 24.6 Å². The van der Waals surface area contributed by atoms with Gasteiger partial charge in [-0.2, -0.15) is 0 Å². The zero-order valence-electron chi connectivity index (χ0n) is 18.8. The van der Waals surface area contributed by atoms with Gasteiger partial charge < -0.3 is 26.2 Å². The van der Waals surface area contributed by atoms with Crippen molar-refractivity contribution >= 4 is 39.3 Å². The van der Waals surface area contributed by atoms with Gasteiger partial charge in [-0.05, 0) is 25.7 Å². The summed E-state index contributed by atoms with van der Waals surface area (Å²) in [6.45, 7) is 7.37. The number of aliphatic hydroxyl groups is 2. The lowest BCUT2D eigenvalue weighted by molar-refractivity contribution is -0.132. The third kappa shape index (κ3) is 10.3. The van der Waals surface area contributed by atoms with Crippen LogP contribution < -0.4 is 16.0 Å². The number of amides is 3. The van der Waals surface area contributed by atoms with Gasteiger partial charge >= 0.3 is 0 Å². The maximum atomic E-state index is 13.0. The molecule has 31 heavy (non-hydrogen) atoms. The van der Waals surface area contributed by atoms with Crippen molar-refractivity contribution in [3.8, 4) is 0 Å². The van der Waals surface area contributed by atoms with Crippen LogP contribution in [0, 0.1) is 5.92 Å². The fraction of sp³-hybridized carbons (Fsp3) is 0.762. The van der Waals surface area contributed by atoms with Crippen LogP contribution in [0.2, 0.25) is 0 Å². The normalized spacial score (nSPS) is 28.1. The van der Waals surface area contributed by atoms with Gasteiger partial charge in [0, 0.05) is 11.5 Å². The molecule has 8 nitrogen and oxygen atoms in total. The predicted molar refractivity (Wildman–Crippen MR) is 127 cm³/mol. The van der Waals surface area contributed by atoms with Gasteiger partial charge in [0.25, 0.3) is 0 Å². The van der Waals surface area contributed by atoms with Crippen molar-refractivity contribution in [2.45, 2.75) is 83.7 Å². The number of carbonyl (C=O) groups excluding carboxylic acids is 3. The zero-order chi connectivity index (χ0) is 23.4. The predicted octanol–water partition coefficient (Wildman–Crippen LogP) is 1.37. The van der Waals surface area contributed by atoms with E-state index in [9.17, 15) is 24.6 Å². The maximum absolute atomic E-state index is 13.0. The average molecular weight is 476 g/mol. The summed E-state index contributed by atoms with van der Waals surface area (Å²) in [4.78, 5) is 37.7. The van der Waals surface area contributed by atoms with Crippen LogP contribution in [0.4, 0.5) is 0 Å². The fourth-order valence-electron chi connectivity index (χ4n) is 3.04. The summed E-state index contributed by atoms with van der Waals surface area (Å²) in [6.07, 6.45) is 3.73. The molecule has 6 atom stereocenters. The minimum absolute atomic E-state index is 0.0790. The molecule has 0 fully saturated rings. The molecule has 0 aromatic rings. The Bertz CT molecular complexity index is 610. The molecule has 0 aromatic carbocycles. The molecule has 1 aliphatic heterocycles. The number of carbonyl (C=O) groups is 3. The Morgan fingerprint density at radius 2 is 1.97 bits per heavy atom. The van der Waals surface area contributed by atoms with Gasteiger partial charge in [-0.25, -0.2) is 0 Å². The van der Waals surface area contributed by atoms with Gasteiger partial charge in [0.05, 0.1) is 24.7 Å². The second kappa shape index (κ2) is 14.8. The number of hydrogen-bond acceptors (Lipinski definition) is 7. The highest BCUT2D eigenvalue weighted by molar-refractivity contribution is 8.76. The fourth-order valence-corrected chi connectivity index (χ4v) is 5.19. The van der Waals surface area contributed by atoms with E-state index in [1.807, 2.05) is 26.8 Å². The molecule has 0 unspecified atom stereocenters. The van der Waals surface area contributed by atoms with Crippen molar-refractivity contribution in [3.05, 3.63) is 12.2 Å². The second-order valence-corrected chi connectivity index (χ2v) is 10.5. The third-order valence-electron chi connectivity index (χ3n) is 5.24. The first-order valence-corrected chi connectivity index (χ1v) is 13.4. The van der Waals surface area contributed by atoms with Crippen molar-refractivity contribution in [1.29, 1.82) is 0 Å². The number of aliphatic hydroxyl groups excluding tert-OH is 2. The largest absolute Gasteiger partial charge is 0.391 e. The Hall–Kier alpha value is -1.23. The van der Waals surface area contributed by atoms with E-state index in [0.29, 0.717) is 12.2 Å². The quantitative estimate of drug-likeness (QED) is 0.290. The van der Waals surface area contributed by atoms with Gasteiger partial charge in [0.1, 0.15) is 12.1 Å². The lowest BCUT2D eigenvalue weighted by Gasteiger charge is -2.30. The van der Waals surface area contributed by atoms with Crippen LogP contribution in [-0.2, 0) is 14.4 Å². The summed E-state index contributed by atoms with van der Waals surface area (Å²) in [5.74, 6) is -0.0711. The summed E-state index contributed by atoms with van der Waals surface area (Å²) in [6, 6.07) is -2.06. The lowest BCUT2D eigenvalue weighted by Crippen LogP contribution is -2.57. The smallest absolute Gasteiger partial charge is 0.243 e. The first kappa shape index (κ1) is 27.8. The first-order chi connectivity index (χ1) is 14.7. The van der Waals surface area contributed by atoms with E-state index < -0.39 is 42.1 Å². The molecule has 10 heteroatoms. The Morgan fingerprint density at radius 1 is 1.26 bits per heavy atom.